The fourth-order valence-corrected chi connectivity index (χ4v) is 6.85. The highest BCUT2D eigenvalue weighted by atomic mass is 19.4. The zero-order valence-electron chi connectivity index (χ0n) is 23.7. The number of halogens is 6. The van der Waals surface area contributed by atoms with Gasteiger partial charge in [-0.15, -0.1) is 0 Å². The van der Waals surface area contributed by atoms with Crippen molar-refractivity contribution in [3.63, 3.8) is 0 Å². The second-order valence-electron chi connectivity index (χ2n) is 11.9. The van der Waals surface area contributed by atoms with Gasteiger partial charge in [-0.05, 0) is 50.4 Å². The fraction of sp³-hybridized carbons (Fsp3) is 0.926. The highest BCUT2D eigenvalue weighted by molar-refractivity contribution is 5.82. The van der Waals surface area contributed by atoms with Crippen LogP contribution in [0.2, 0.25) is 0 Å². The van der Waals surface area contributed by atoms with E-state index in [9.17, 15) is 31.1 Å². The molecule has 1 amide bonds. The van der Waals surface area contributed by atoms with Crippen LogP contribution in [0, 0.1) is 23.7 Å². The van der Waals surface area contributed by atoms with E-state index in [1.165, 1.54) is 0 Å². The first kappa shape index (κ1) is 31.8. The average molecular weight is 570 g/mol. The third-order valence-electron chi connectivity index (χ3n) is 8.92. The van der Waals surface area contributed by atoms with Crippen LogP contribution in [0.25, 0.3) is 0 Å². The highest BCUT2D eigenvalue weighted by Crippen LogP contribution is 2.48. The van der Waals surface area contributed by atoms with Crippen LogP contribution in [0.5, 0.6) is 0 Å². The third kappa shape index (κ3) is 8.39. The summed E-state index contributed by atoms with van der Waals surface area (Å²) in [6, 6.07) is -0.323. The zero-order valence-corrected chi connectivity index (χ0v) is 23.7. The van der Waals surface area contributed by atoms with E-state index in [4.69, 9.17) is 0 Å². The third-order valence-corrected chi connectivity index (χ3v) is 8.92. The first-order valence-electron chi connectivity index (χ1n) is 14.2. The second-order valence-corrected chi connectivity index (χ2v) is 11.9. The van der Waals surface area contributed by atoms with Crippen molar-refractivity contribution in [2.45, 2.75) is 76.2 Å². The Balaban J connectivity index is 1.66. The van der Waals surface area contributed by atoms with Crippen molar-refractivity contribution in [1.82, 2.24) is 19.6 Å². The minimum Gasteiger partial charge on any atom is -0.349 e. The number of amides is 1. The van der Waals surface area contributed by atoms with E-state index in [1.54, 1.807) is 19.0 Å². The number of carbonyl (C=O) groups excluding carboxylic acids is 1. The molecule has 6 nitrogen and oxygen atoms in total. The topological polar surface area (TPSA) is 42.4 Å². The van der Waals surface area contributed by atoms with E-state index in [1.807, 2.05) is 19.0 Å². The molecule has 3 unspecified atom stereocenters. The van der Waals surface area contributed by atoms with Crippen LogP contribution in [-0.4, -0.2) is 111 Å². The predicted molar refractivity (Wildman–Crippen MR) is 139 cm³/mol. The number of nitrogens with zero attached hydrogens (tertiary/aromatic N) is 5. The van der Waals surface area contributed by atoms with Crippen molar-refractivity contribution in [1.29, 1.82) is 0 Å². The molecule has 0 radical (unpaired) electrons. The maximum atomic E-state index is 13.8. The van der Waals surface area contributed by atoms with Crippen molar-refractivity contribution in [3.8, 4) is 0 Å². The van der Waals surface area contributed by atoms with Crippen LogP contribution in [-0.2, 0) is 4.79 Å². The first-order valence-corrected chi connectivity index (χ1v) is 14.2. The molecule has 0 N–H and O–H groups in total. The summed E-state index contributed by atoms with van der Waals surface area (Å²) >= 11 is 0. The van der Waals surface area contributed by atoms with Crippen molar-refractivity contribution in [2.24, 2.45) is 28.7 Å². The molecule has 0 aromatic rings. The quantitative estimate of drug-likeness (QED) is 0.254. The number of rotatable bonds is 6. The largest absolute Gasteiger partial charge is 0.391 e. The lowest BCUT2D eigenvalue weighted by molar-refractivity contribution is -0.229. The molecule has 0 bridgehead atoms. The molecule has 12 heteroatoms. The van der Waals surface area contributed by atoms with Gasteiger partial charge in [0.05, 0.1) is 17.9 Å². The Hall–Kier alpha value is -1.72. The molecule has 0 spiro atoms. The maximum absolute atomic E-state index is 13.8. The van der Waals surface area contributed by atoms with Gasteiger partial charge in [-0.1, -0.05) is 19.3 Å². The van der Waals surface area contributed by atoms with Gasteiger partial charge >= 0.3 is 12.4 Å². The summed E-state index contributed by atoms with van der Waals surface area (Å²) in [7, 11) is 7.29. The number of likely N-dealkylation sites (N-methyl/N-ethyl adjacent to an activating group) is 1. The van der Waals surface area contributed by atoms with Crippen LogP contribution in [0.15, 0.2) is 4.99 Å². The van der Waals surface area contributed by atoms with Gasteiger partial charge in [0, 0.05) is 60.9 Å². The summed E-state index contributed by atoms with van der Waals surface area (Å²) in [6.07, 6.45) is -5.49. The van der Waals surface area contributed by atoms with Crippen molar-refractivity contribution in [3.05, 3.63) is 0 Å². The molecule has 3 atom stereocenters. The van der Waals surface area contributed by atoms with Gasteiger partial charge in [-0.3, -0.25) is 14.7 Å². The van der Waals surface area contributed by atoms with Gasteiger partial charge in [0.15, 0.2) is 5.96 Å². The first-order chi connectivity index (χ1) is 18.2. The normalized spacial score (nSPS) is 27.4. The molecule has 0 aromatic carbocycles. The van der Waals surface area contributed by atoms with E-state index >= 15 is 0 Å². The summed E-state index contributed by atoms with van der Waals surface area (Å²) in [6.45, 7) is 3.00. The number of hydrogen-bond donors (Lipinski definition) is 0. The van der Waals surface area contributed by atoms with Gasteiger partial charge in [-0.25, -0.2) is 0 Å². The van der Waals surface area contributed by atoms with Crippen molar-refractivity contribution >= 4 is 11.9 Å². The summed E-state index contributed by atoms with van der Waals surface area (Å²) in [5.41, 5.74) is 0. The molecular weight excluding hydrogens is 524 g/mol. The lowest BCUT2D eigenvalue weighted by atomic mass is 9.73. The number of hydrogen-bond acceptors (Lipinski definition) is 3. The molecule has 1 aliphatic heterocycles. The molecule has 0 aromatic heterocycles. The maximum Gasteiger partial charge on any atom is 0.391 e. The van der Waals surface area contributed by atoms with E-state index < -0.39 is 36.5 Å². The molecule has 2 aliphatic carbocycles. The van der Waals surface area contributed by atoms with E-state index in [2.05, 4.69) is 14.8 Å². The van der Waals surface area contributed by atoms with Gasteiger partial charge in [0.1, 0.15) is 0 Å². The Bertz CT molecular complexity index is 796. The van der Waals surface area contributed by atoms with Crippen LogP contribution in [0.1, 0.15) is 57.8 Å². The Morgan fingerprint density at radius 1 is 0.872 bits per heavy atom. The fourth-order valence-electron chi connectivity index (χ4n) is 6.85. The van der Waals surface area contributed by atoms with Crippen molar-refractivity contribution < 1.29 is 31.1 Å². The second kappa shape index (κ2) is 13.3. The van der Waals surface area contributed by atoms with E-state index in [-0.39, 0.29) is 43.7 Å². The number of carbonyl (C=O) groups is 1. The molecule has 3 aliphatic rings. The van der Waals surface area contributed by atoms with Crippen LogP contribution in [0.3, 0.4) is 0 Å². The lowest BCUT2D eigenvalue weighted by Crippen LogP contribution is -2.59. The summed E-state index contributed by atoms with van der Waals surface area (Å²) < 4.78 is 80.5. The number of aliphatic imine (C=N–C) groups is 1. The molecule has 1 heterocycles. The SMILES string of the molecule is CN=C(N(C)C)N1CCN(C(C(=O)N(C)CCC2CC(C(F)(F)F)CC(C(F)(F)F)C2)C2CCCCC2)CC1. The van der Waals surface area contributed by atoms with E-state index in [0.29, 0.717) is 13.1 Å². The van der Waals surface area contributed by atoms with Gasteiger partial charge < -0.3 is 14.7 Å². The Labute approximate surface area is 228 Å². The Morgan fingerprint density at radius 3 is 1.87 bits per heavy atom. The van der Waals surface area contributed by atoms with Gasteiger partial charge in [0.25, 0.3) is 0 Å². The molecule has 3 fully saturated rings. The molecular formula is C27H45F6N5O. The van der Waals surface area contributed by atoms with Crippen molar-refractivity contribution in [2.75, 3.05) is 60.9 Å². The number of guanidine groups is 1. The predicted octanol–water partition coefficient (Wildman–Crippen LogP) is 5.11. The number of alkyl halides is 6. The molecule has 2 saturated carbocycles. The summed E-state index contributed by atoms with van der Waals surface area (Å²) in [4.78, 5) is 26.1. The Morgan fingerprint density at radius 2 is 1.41 bits per heavy atom. The van der Waals surface area contributed by atoms with Gasteiger partial charge in [0.2, 0.25) is 5.91 Å². The summed E-state index contributed by atoms with van der Waals surface area (Å²) in [5.74, 6) is -3.60. The number of piperazine rings is 1. The Kier molecular flexibility index (Phi) is 10.8. The monoisotopic (exact) mass is 569 g/mol. The summed E-state index contributed by atoms with van der Waals surface area (Å²) in [5, 5.41) is 0. The molecule has 226 valence electrons. The zero-order chi connectivity index (χ0) is 29.0. The van der Waals surface area contributed by atoms with Crippen LogP contribution < -0.4 is 0 Å². The van der Waals surface area contributed by atoms with Crippen LogP contribution in [0.4, 0.5) is 26.3 Å². The van der Waals surface area contributed by atoms with Gasteiger partial charge in [-0.2, -0.15) is 26.3 Å². The standard InChI is InChI=1S/C27H45F6N5O/c1-34-25(35(2)3)38-14-12-37(13-15-38)23(20-8-6-5-7-9-20)24(39)36(4)11-10-19-16-21(26(28,29)30)18-22(17-19)27(31,32)33/h19-23H,5-18H2,1-4H3. The molecule has 39 heavy (non-hydrogen) atoms. The molecule has 3 rings (SSSR count). The minimum atomic E-state index is -4.65. The smallest absolute Gasteiger partial charge is 0.349 e. The molecule has 1 saturated heterocycles. The van der Waals surface area contributed by atoms with E-state index in [0.717, 1.165) is 51.2 Å². The minimum absolute atomic E-state index is 0.0668. The lowest BCUT2D eigenvalue weighted by Gasteiger charge is -2.45. The van der Waals surface area contributed by atoms with Crippen LogP contribution >= 0.6 is 0 Å². The average Bonchev–Trinajstić information content (AvgIpc) is 2.88. The highest BCUT2D eigenvalue weighted by Gasteiger charge is 2.51.